The van der Waals surface area contributed by atoms with E-state index in [0.717, 1.165) is 16.0 Å². The van der Waals surface area contributed by atoms with Gasteiger partial charge < -0.3 is 19.9 Å². The molecule has 0 bridgehead atoms. The number of nitrogens with one attached hydrogen (secondary N) is 1. The average Bonchev–Trinajstić information content (AvgIpc) is 3.17. The molecular formula is C22H22ClN5O4S2. The Morgan fingerprint density at radius 2 is 1.88 bits per heavy atom. The Labute approximate surface area is 209 Å². The maximum Gasteiger partial charge on any atom is 0.412 e. The van der Waals surface area contributed by atoms with E-state index in [-0.39, 0.29) is 17.1 Å². The Morgan fingerprint density at radius 1 is 1.15 bits per heavy atom. The first kappa shape index (κ1) is 23.3. The highest BCUT2D eigenvalue weighted by atomic mass is 35.5. The Morgan fingerprint density at radius 3 is 2.65 bits per heavy atom. The zero-order valence-corrected chi connectivity index (χ0v) is 20.7. The number of hydrogen-bond donors (Lipinski definition) is 1. The highest BCUT2D eigenvalue weighted by Gasteiger charge is 2.41. The summed E-state index contributed by atoms with van der Waals surface area (Å²) in [6, 6.07) is 7.48. The summed E-state index contributed by atoms with van der Waals surface area (Å²) in [6.07, 6.45) is -0.840. The highest BCUT2D eigenvalue weighted by molar-refractivity contribution is 8.10. The summed E-state index contributed by atoms with van der Waals surface area (Å²) in [6.45, 7) is 3.61. The van der Waals surface area contributed by atoms with Crippen molar-refractivity contribution >= 4 is 64.1 Å². The molecule has 3 amide bonds. The van der Waals surface area contributed by atoms with Gasteiger partial charge in [0.15, 0.2) is 5.65 Å². The third-order valence-corrected chi connectivity index (χ3v) is 8.98. The van der Waals surface area contributed by atoms with Crippen molar-refractivity contribution in [1.29, 1.82) is 0 Å². The van der Waals surface area contributed by atoms with Gasteiger partial charge in [-0.1, -0.05) is 18.5 Å². The summed E-state index contributed by atoms with van der Waals surface area (Å²) < 4.78 is 5.64. The fourth-order valence-electron chi connectivity index (χ4n) is 4.01. The van der Waals surface area contributed by atoms with Crippen LogP contribution >= 0.6 is 35.1 Å². The topological polar surface area (TPSA) is 105 Å². The van der Waals surface area contributed by atoms with Gasteiger partial charge in [0.25, 0.3) is 5.91 Å². The van der Waals surface area contributed by atoms with Gasteiger partial charge in [-0.25, -0.2) is 14.8 Å². The Kier molecular flexibility index (Phi) is 6.59. The number of hydrogen-bond acceptors (Lipinski definition) is 8. The molecule has 0 saturated carbocycles. The maximum absolute atomic E-state index is 12.7. The number of thioether (sulfide) groups is 2. The van der Waals surface area contributed by atoms with E-state index < -0.39 is 12.3 Å². The van der Waals surface area contributed by atoms with Crippen molar-refractivity contribution in [2.45, 2.75) is 24.8 Å². The van der Waals surface area contributed by atoms with Crippen LogP contribution in [0.1, 0.15) is 24.3 Å². The molecule has 1 N–H and O–H groups in total. The zero-order valence-electron chi connectivity index (χ0n) is 18.3. The Balaban J connectivity index is 1.25. The average molecular weight is 520 g/mol. The van der Waals surface area contributed by atoms with Gasteiger partial charge in [-0.3, -0.25) is 9.59 Å². The molecule has 1 fully saturated rings. The molecule has 3 aliphatic heterocycles. The van der Waals surface area contributed by atoms with Gasteiger partial charge in [0.05, 0.1) is 20.8 Å². The van der Waals surface area contributed by atoms with Crippen LogP contribution in [-0.2, 0) is 14.3 Å². The van der Waals surface area contributed by atoms with Crippen molar-refractivity contribution in [3.8, 4) is 0 Å². The molecule has 0 spiro atoms. The second kappa shape index (κ2) is 9.63. The van der Waals surface area contributed by atoms with Crippen LogP contribution in [0.25, 0.3) is 11.0 Å². The lowest BCUT2D eigenvalue weighted by Crippen LogP contribution is -2.51. The standard InChI is InChI=1S/C22H22ClN5O4S2/c1-2-16(29)27-7-9-28(10-8-27)22(31)32-21-18-17(20(30)26-21)34-14(11-33-18)13-5-3-12-4-6-15(23)25-19(12)24-13/h3-6,14,21H,2,7-11H2,1H3,(H,26,30). The smallest absolute Gasteiger partial charge is 0.412 e. The number of rotatable bonds is 3. The number of piperazine rings is 1. The van der Waals surface area contributed by atoms with Crippen molar-refractivity contribution < 1.29 is 19.1 Å². The van der Waals surface area contributed by atoms with Crippen LogP contribution in [0.15, 0.2) is 34.1 Å². The van der Waals surface area contributed by atoms with Crippen molar-refractivity contribution in [2.75, 3.05) is 31.9 Å². The summed E-state index contributed by atoms with van der Waals surface area (Å²) in [4.78, 5) is 50.7. The van der Waals surface area contributed by atoms with E-state index in [9.17, 15) is 14.4 Å². The zero-order chi connectivity index (χ0) is 23.8. The van der Waals surface area contributed by atoms with E-state index in [1.165, 1.54) is 23.5 Å². The fourth-order valence-corrected chi connectivity index (χ4v) is 6.86. The quantitative estimate of drug-likeness (QED) is 0.617. The van der Waals surface area contributed by atoms with Gasteiger partial charge in [-0.2, -0.15) is 0 Å². The van der Waals surface area contributed by atoms with Gasteiger partial charge in [0.2, 0.25) is 12.1 Å². The second-order valence-electron chi connectivity index (χ2n) is 7.99. The predicted molar refractivity (Wildman–Crippen MR) is 131 cm³/mol. The first-order valence-corrected chi connectivity index (χ1v) is 13.2. The van der Waals surface area contributed by atoms with Gasteiger partial charge >= 0.3 is 6.09 Å². The third-order valence-electron chi connectivity index (χ3n) is 5.86. The predicted octanol–water partition coefficient (Wildman–Crippen LogP) is 3.16. The molecule has 2 unspecified atom stereocenters. The number of amides is 3. The van der Waals surface area contributed by atoms with Crippen LogP contribution in [-0.4, -0.2) is 75.8 Å². The van der Waals surface area contributed by atoms with Gasteiger partial charge in [0, 0.05) is 43.7 Å². The number of carbonyl (C=O) groups is 3. The summed E-state index contributed by atoms with van der Waals surface area (Å²) >= 11 is 8.92. The van der Waals surface area contributed by atoms with Gasteiger partial charge in [-0.05, 0) is 24.3 Å². The monoisotopic (exact) mass is 519 g/mol. The van der Waals surface area contributed by atoms with Crippen LogP contribution in [0.5, 0.6) is 0 Å². The second-order valence-corrected chi connectivity index (χ2v) is 10.6. The molecule has 1 saturated heterocycles. The molecule has 178 valence electrons. The van der Waals surface area contributed by atoms with Crippen LogP contribution in [0.2, 0.25) is 5.15 Å². The Hall–Kier alpha value is -2.50. The van der Waals surface area contributed by atoms with Crippen molar-refractivity contribution in [2.24, 2.45) is 0 Å². The van der Waals surface area contributed by atoms with Crippen LogP contribution < -0.4 is 5.32 Å². The molecule has 5 rings (SSSR count). The van der Waals surface area contributed by atoms with Crippen molar-refractivity contribution in [3.05, 3.63) is 44.9 Å². The lowest BCUT2D eigenvalue weighted by Gasteiger charge is -2.34. The molecule has 0 aromatic carbocycles. The number of carbonyl (C=O) groups excluding carboxylic acids is 3. The summed E-state index contributed by atoms with van der Waals surface area (Å²) in [7, 11) is 0. The van der Waals surface area contributed by atoms with E-state index in [0.29, 0.717) is 54.1 Å². The lowest BCUT2D eigenvalue weighted by molar-refractivity contribution is -0.132. The number of pyridine rings is 2. The van der Waals surface area contributed by atoms with E-state index >= 15 is 0 Å². The minimum absolute atomic E-state index is 0.0432. The SMILES string of the molecule is CCC(=O)N1CCN(C(=O)OC2NC(=O)C3=C2SCC(c2ccc4ccc(Cl)nc4n2)S3)CC1. The van der Waals surface area contributed by atoms with Crippen LogP contribution in [0.3, 0.4) is 0 Å². The molecule has 12 heteroatoms. The van der Waals surface area contributed by atoms with E-state index in [1.54, 1.807) is 15.9 Å². The van der Waals surface area contributed by atoms with Gasteiger partial charge in [0.1, 0.15) is 5.15 Å². The molecule has 3 aliphatic rings. The van der Waals surface area contributed by atoms with Crippen molar-refractivity contribution in [3.63, 3.8) is 0 Å². The van der Waals surface area contributed by atoms with E-state index in [1.807, 2.05) is 25.1 Å². The summed E-state index contributed by atoms with van der Waals surface area (Å²) in [5, 5.41) is 4.00. The number of ether oxygens (including phenoxy) is 1. The molecule has 0 radical (unpaired) electrons. The highest BCUT2D eigenvalue weighted by Crippen LogP contribution is 2.49. The van der Waals surface area contributed by atoms with Crippen molar-refractivity contribution in [1.82, 2.24) is 25.1 Å². The number of fused-ring (bicyclic) bond motifs is 1. The molecule has 0 aliphatic carbocycles. The molecule has 5 heterocycles. The first-order valence-electron chi connectivity index (χ1n) is 10.9. The van der Waals surface area contributed by atoms with Gasteiger partial charge in [-0.15, -0.1) is 23.5 Å². The maximum atomic E-state index is 12.7. The normalized spacial score (nSPS) is 22.6. The third kappa shape index (κ3) is 4.56. The molecule has 34 heavy (non-hydrogen) atoms. The molecule has 2 aromatic heterocycles. The van der Waals surface area contributed by atoms with E-state index in [2.05, 4.69) is 15.3 Å². The number of halogens is 1. The molecule has 2 aromatic rings. The number of aromatic nitrogens is 2. The Bertz CT molecular complexity index is 1200. The summed E-state index contributed by atoms with van der Waals surface area (Å²) in [5.41, 5.74) is 1.39. The fraction of sp³-hybridized carbons (Fsp3) is 0.409. The number of nitrogens with zero attached hydrogens (tertiary/aromatic N) is 4. The molecule has 9 nitrogen and oxygen atoms in total. The largest absolute Gasteiger partial charge is 0.420 e. The molecular weight excluding hydrogens is 498 g/mol. The lowest BCUT2D eigenvalue weighted by atomic mass is 10.2. The minimum atomic E-state index is -0.797. The summed E-state index contributed by atoms with van der Waals surface area (Å²) in [5.74, 6) is 0.495. The van der Waals surface area contributed by atoms with E-state index in [4.69, 9.17) is 16.3 Å². The first-order chi connectivity index (χ1) is 16.4. The molecule has 2 atom stereocenters. The minimum Gasteiger partial charge on any atom is -0.420 e. The van der Waals surface area contributed by atoms with Crippen LogP contribution in [0.4, 0.5) is 4.79 Å². The van der Waals surface area contributed by atoms with Crippen LogP contribution in [0, 0.1) is 0 Å².